The van der Waals surface area contributed by atoms with E-state index < -0.39 is 0 Å². The molecule has 0 spiro atoms. The summed E-state index contributed by atoms with van der Waals surface area (Å²) in [5.41, 5.74) is 2.25. The van der Waals surface area contributed by atoms with Crippen molar-refractivity contribution in [2.75, 3.05) is 13.2 Å². The molecule has 0 bridgehead atoms. The lowest BCUT2D eigenvalue weighted by Crippen LogP contribution is -2.25. The van der Waals surface area contributed by atoms with Crippen LogP contribution >= 0.6 is 0 Å². The average molecular weight is 339 g/mol. The van der Waals surface area contributed by atoms with Gasteiger partial charge in [-0.05, 0) is 42.5 Å². The van der Waals surface area contributed by atoms with Crippen LogP contribution in [0.25, 0.3) is 0 Å². The summed E-state index contributed by atoms with van der Waals surface area (Å²) in [6.45, 7) is 5.06. The van der Waals surface area contributed by atoms with Crippen LogP contribution < -0.4 is 10.1 Å². The molecule has 1 N–H and O–H groups in total. The van der Waals surface area contributed by atoms with E-state index in [1.165, 1.54) is 5.56 Å². The minimum absolute atomic E-state index is 0.299. The lowest BCUT2D eigenvalue weighted by atomic mass is 10.1. The third-order valence-electron chi connectivity index (χ3n) is 3.67. The Balaban J connectivity index is 1.55. The molecule has 0 fully saturated rings. The van der Waals surface area contributed by atoms with Gasteiger partial charge in [0.05, 0.1) is 0 Å². The van der Waals surface area contributed by atoms with Gasteiger partial charge in [0.1, 0.15) is 19.0 Å². The van der Waals surface area contributed by atoms with Crippen molar-refractivity contribution in [1.82, 2.24) is 5.32 Å². The molecule has 4 nitrogen and oxygen atoms in total. The summed E-state index contributed by atoms with van der Waals surface area (Å²) in [5, 5.41) is 2.78. The van der Waals surface area contributed by atoms with E-state index >= 15 is 0 Å². The Bertz CT molecular complexity index is 638. The third-order valence-corrected chi connectivity index (χ3v) is 3.67. The normalized spacial score (nSPS) is 10.1. The molecular weight excluding hydrogens is 314 g/mol. The highest BCUT2D eigenvalue weighted by Gasteiger charge is 2.02. The molecule has 0 saturated carbocycles. The maximum atomic E-state index is 11.6. The highest BCUT2D eigenvalue weighted by molar-refractivity contribution is 5.67. The number of aryl methyl sites for hydroxylation is 1. The molecule has 4 heteroatoms. The second-order valence-corrected chi connectivity index (χ2v) is 5.69. The fourth-order valence-corrected chi connectivity index (χ4v) is 2.33. The van der Waals surface area contributed by atoms with E-state index in [0.717, 1.165) is 30.6 Å². The number of ether oxygens (including phenoxy) is 2. The Hall–Kier alpha value is -2.75. The molecule has 0 saturated heterocycles. The first kappa shape index (κ1) is 18.6. The van der Waals surface area contributed by atoms with E-state index in [2.05, 4.69) is 24.0 Å². The van der Waals surface area contributed by atoms with Crippen molar-refractivity contribution < 1.29 is 14.3 Å². The van der Waals surface area contributed by atoms with Crippen LogP contribution in [0.5, 0.6) is 5.75 Å². The number of alkyl carbamates (subject to hydrolysis) is 1. The van der Waals surface area contributed by atoms with Crippen molar-refractivity contribution in [3.63, 3.8) is 0 Å². The lowest BCUT2D eigenvalue weighted by molar-refractivity contribution is 0.139. The zero-order valence-electron chi connectivity index (χ0n) is 14.4. The molecule has 0 aromatic heterocycles. The van der Waals surface area contributed by atoms with Crippen molar-refractivity contribution in [3.05, 3.63) is 78.4 Å². The van der Waals surface area contributed by atoms with Crippen LogP contribution in [0.3, 0.4) is 0 Å². The predicted molar refractivity (Wildman–Crippen MR) is 99.7 cm³/mol. The summed E-state index contributed by atoms with van der Waals surface area (Å²) < 4.78 is 10.6. The maximum Gasteiger partial charge on any atom is 0.407 e. The summed E-state index contributed by atoms with van der Waals surface area (Å²) in [7, 11) is 0. The SMILES string of the molecule is C=CCOc1ccc(CCCCNC(=O)OCc2ccccc2)cc1. The molecule has 0 heterocycles. The number of benzene rings is 2. The minimum atomic E-state index is -0.368. The molecule has 0 aliphatic carbocycles. The lowest BCUT2D eigenvalue weighted by Gasteiger charge is -2.07. The molecule has 25 heavy (non-hydrogen) atoms. The molecule has 0 aliphatic heterocycles. The van der Waals surface area contributed by atoms with Gasteiger partial charge >= 0.3 is 6.09 Å². The molecule has 2 rings (SSSR count). The molecule has 0 atom stereocenters. The molecular formula is C21H25NO3. The Morgan fingerprint density at radius 1 is 1.00 bits per heavy atom. The van der Waals surface area contributed by atoms with Crippen LogP contribution in [-0.4, -0.2) is 19.2 Å². The van der Waals surface area contributed by atoms with Gasteiger partial charge in [-0.25, -0.2) is 4.79 Å². The van der Waals surface area contributed by atoms with Gasteiger partial charge in [0.2, 0.25) is 0 Å². The van der Waals surface area contributed by atoms with Gasteiger partial charge in [0, 0.05) is 6.54 Å². The summed E-state index contributed by atoms with van der Waals surface area (Å²) in [5.74, 6) is 0.853. The highest BCUT2D eigenvalue weighted by atomic mass is 16.5. The molecule has 0 radical (unpaired) electrons. The number of hydrogen-bond acceptors (Lipinski definition) is 3. The van der Waals surface area contributed by atoms with E-state index in [9.17, 15) is 4.79 Å². The predicted octanol–water partition coefficient (Wildman–Crippen LogP) is 4.50. The Labute approximate surface area is 149 Å². The van der Waals surface area contributed by atoms with Crippen molar-refractivity contribution in [3.8, 4) is 5.75 Å². The molecule has 0 unspecified atom stereocenters. The Morgan fingerprint density at radius 3 is 2.48 bits per heavy atom. The van der Waals surface area contributed by atoms with Crippen LogP contribution in [0, 0.1) is 0 Å². The van der Waals surface area contributed by atoms with Gasteiger partial charge in [-0.1, -0.05) is 55.1 Å². The number of hydrogen-bond donors (Lipinski definition) is 1. The smallest absolute Gasteiger partial charge is 0.407 e. The maximum absolute atomic E-state index is 11.6. The number of amides is 1. The van der Waals surface area contributed by atoms with Gasteiger partial charge in [0.25, 0.3) is 0 Å². The summed E-state index contributed by atoms with van der Waals surface area (Å²) >= 11 is 0. The monoisotopic (exact) mass is 339 g/mol. The van der Waals surface area contributed by atoms with E-state index in [4.69, 9.17) is 9.47 Å². The van der Waals surface area contributed by atoms with Gasteiger partial charge < -0.3 is 14.8 Å². The van der Waals surface area contributed by atoms with Gasteiger partial charge in [-0.3, -0.25) is 0 Å². The van der Waals surface area contributed by atoms with Crippen LogP contribution in [0.15, 0.2) is 67.3 Å². The number of carbonyl (C=O) groups excluding carboxylic acids is 1. The van der Waals surface area contributed by atoms with Gasteiger partial charge in [0.15, 0.2) is 0 Å². The average Bonchev–Trinajstić information content (AvgIpc) is 2.66. The number of rotatable bonds is 10. The van der Waals surface area contributed by atoms with Crippen LogP contribution in [0.2, 0.25) is 0 Å². The van der Waals surface area contributed by atoms with Crippen molar-refractivity contribution in [2.45, 2.75) is 25.9 Å². The van der Waals surface area contributed by atoms with E-state index in [0.29, 0.717) is 19.8 Å². The molecule has 1 amide bonds. The van der Waals surface area contributed by atoms with E-state index in [-0.39, 0.29) is 6.09 Å². The first-order valence-corrected chi connectivity index (χ1v) is 8.55. The van der Waals surface area contributed by atoms with Crippen LogP contribution in [-0.2, 0) is 17.8 Å². The highest BCUT2D eigenvalue weighted by Crippen LogP contribution is 2.13. The molecule has 2 aromatic carbocycles. The summed E-state index contributed by atoms with van der Waals surface area (Å²) in [6.07, 6.45) is 4.25. The minimum Gasteiger partial charge on any atom is -0.490 e. The molecule has 2 aromatic rings. The Kier molecular flexibility index (Phi) is 8.12. The van der Waals surface area contributed by atoms with Crippen LogP contribution in [0.1, 0.15) is 24.0 Å². The topological polar surface area (TPSA) is 47.6 Å². The van der Waals surface area contributed by atoms with Crippen molar-refractivity contribution in [1.29, 1.82) is 0 Å². The number of carbonyl (C=O) groups is 1. The third kappa shape index (κ3) is 7.57. The summed E-state index contributed by atoms with van der Waals surface area (Å²) in [6, 6.07) is 17.7. The largest absolute Gasteiger partial charge is 0.490 e. The number of unbranched alkanes of at least 4 members (excludes halogenated alkanes) is 1. The first-order valence-electron chi connectivity index (χ1n) is 8.55. The van der Waals surface area contributed by atoms with Gasteiger partial charge in [-0.2, -0.15) is 0 Å². The Morgan fingerprint density at radius 2 is 1.76 bits per heavy atom. The second-order valence-electron chi connectivity index (χ2n) is 5.69. The zero-order chi connectivity index (χ0) is 17.7. The van der Waals surface area contributed by atoms with Crippen molar-refractivity contribution in [2.24, 2.45) is 0 Å². The zero-order valence-corrected chi connectivity index (χ0v) is 14.4. The van der Waals surface area contributed by atoms with E-state index in [1.807, 2.05) is 42.5 Å². The van der Waals surface area contributed by atoms with Gasteiger partial charge in [-0.15, -0.1) is 0 Å². The van der Waals surface area contributed by atoms with Crippen LogP contribution in [0.4, 0.5) is 4.79 Å². The second kappa shape index (κ2) is 10.9. The van der Waals surface area contributed by atoms with E-state index in [1.54, 1.807) is 6.08 Å². The molecule has 0 aliphatic rings. The number of nitrogens with one attached hydrogen (secondary N) is 1. The summed E-state index contributed by atoms with van der Waals surface area (Å²) in [4.78, 5) is 11.6. The quantitative estimate of drug-likeness (QED) is 0.512. The fourth-order valence-electron chi connectivity index (χ4n) is 2.33. The standard InChI is InChI=1S/C21H25NO3/c1-2-16-24-20-13-11-18(12-14-20)8-6-7-15-22-21(23)25-17-19-9-4-3-5-10-19/h2-5,9-14H,1,6-8,15-17H2,(H,22,23). The fraction of sp³-hybridized carbons (Fsp3) is 0.286. The first-order chi connectivity index (χ1) is 12.3. The van der Waals surface area contributed by atoms with Crippen molar-refractivity contribution >= 4 is 6.09 Å². The molecule has 132 valence electrons.